The lowest BCUT2D eigenvalue weighted by atomic mass is 10.1. The van der Waals surface area contributed by atoms with E-state index in [1.165, 1.54) is 13.8 Å². The van der Waals surface area contributed by atoms with Gasteiger partial charge in [0, 0.05) is 72.4 Å². The van der Waals surface area contributed by atoms with E-state index in [0.29, 0.717) is 58.2 Å². The van der Waals surface area contributed by atoms with Gasteiger partial charge in [-0.2, -0.15) is 0 Å². The fraction of sp³-hybridized carbons (Fsp3) is 0.556. The molecule has 3 atom stereocenters. The van der Waals surface area contributed by atoms with E-state index in [9.17, 15) is 52.7 Å². The molecule has 30 heteroatoms. The van der Waals surface area contributed by atoms with Gasteiger partial charge in [0.1, 0.15) is 24.7 Å². The molecule has 0 aromatic carbocycles. The number of aliphatic carboxylic acids is 3. The second kappa shape index (κ2) is 55.7. The summed E-state index contributed by atoms with van der Waals surface area (Å²) >= 11 is 0. The third kappa shape index (κ3) is 58.9. The highest BCUT2D eigenvalue weighted by molar-refractivity contribution is 5.84. The Labute approximate surface area is 486 Å². The summed E-state index contributed by atoms with van der Waals surface area (Å²) in [7, 11) is 0. The number of carboxylic acids is 3. The largest absolute Gasteiger partial charge is 0.481 e. The Morgan fingerprint density at radius 2 is 1.37 bits per heavy atom. The van der Waals surface area contributed by atoms with Gasteiger partial charge in [0.25, 0.3) is 5.97 Å². The molecule has 0 saturated heterocycles. The Bertz CT molecular complexity index is 2500. The van der Waals surface area contributed by atoms with E-state index < -0.39 is 84.1 Å². The molecule has 1 rings (SSSR count). The van der Waals surface area contributed by atoms with E-state index in [-0.39, 0.29) is 89.8 Å². The van der Waals surface area contributed by atoms with Crippen LogP contribution < -0.4 is 49.2 Å². The van der Waals surface area contributed by atoms with Crippen molar-refractivity contribution in [3.8, 4) is 71.0 Å². The minimum atomic E-state index is -1.19. The molecule has 1 heterocycles. The average molecular weight is 1190 g/mol. The summed E-state index contributed by atoms with van der Waals surface area (Å²) in [6.45, 7) is 3.09. The van der Waals surface area contributed by atoms with Gasteiger partial charge in [-0.25, -0.2) is 30.8 Å². The first-order valence-electron chi connectivity index (χ1n) is 25.8. The number of hydrogen-bond donors (Lipinski definition) is 13. The number of nitrogens with two attached hydrogens (primary N) is 2. The molecule has 30 nitrogen and oxygen atoms in total. The van der Waals surface area contributed by atoms with Crippen molar-refractivity contribution in [2.75, 3.05) is 59.3 Å². The number of hydroxylamine groups is 3. The molecule has 462 valence electrons. The number of aliphatic hydroxyl groups excluding tert-OH is 1. The zero-order valence-electron chi connectivity index (χ0n) is 47.1. The summed E-state index contributed by atoms with van der Waals surface area (Å²) in [6.07, 6.45) is 5.88. The Balaban J connectivity index is -0.00000113. The molecule has 0 fully saturated rings. The van der Waals surface area contributed by atoms with Crippen molar-refractivity contribution in [3.05, 3.63) is 0 Å². The highest BCUT2D eigenvalue weighted by atomic mass is 16.7. The first-order chi connectivity index (χ1) is 40.0. The molecule has 0 saturated carbocycles. The third-order valence-electron chi connectivity index (χ3n) is 9.05. The highest BCUT2D eigenvalue weighted by Gasteiger charge is 2.21. The van der Waals surface area contributed by atoms with Crippen LogP contribution in [0.3, 0.4) is 0 Å². The molecule has 15 N–H and O–H groups in total. The van der Waals surface area contributed by atoms with Gasteiger partial charge < -0.3 is 62.6 Å². The minimum absolute atomic E-state index is 0.0426. The number of esters is 2. The Morgan fingerprint density at radius 1 is 0.762 bits per heavy atom. The van der Waals surface area contributed by atoms with Crippen LogP contribution >= 0.6 is 0 Å². The van der Waals surface area contributed by atoms with Gasteiger partial charge in [-0.15, -0.1) is 0 Å². The Morgan fingerprint density at radius 3 is 1.96 bits per heavy atom. The van der Waals surface area contributed by atoms with Crippen molar-refractivity contribution in [1.29, 1.82) is 0 Å². The standard InChI is InChI=1S/C18H25N3O7.C18H23N3O6.C16H23N3O6.C2H4O2/c1-14(23)20-15(18(26)27)9-6-7-11-19-17(25)13-28-21-16(24)10-5-3-2-4-8-12-22;1-14(22)20-15-9-6-7-11-19-17(24)13-27-21-16(23)10-5-3-2-4-8-12-26-18(15)25;17-10-6-5-8-13(18)16(23)24-11-7-3-1-2-4-9-14(20)19-25-12-15(21)22;1-2(3)4/h15,22H,5-7,9-13H2,1H3,(H,19,25)(H,20,23)(H,21,24)(H,26,27);15H,5-7,9-13H2,1H3,(H,19,24)(H,20,22)(H,21,23);13H,4-6,8-12,17-18H2,(H,19,20)(H,21,22);1H3,(H,3,4). The lowest BCUT2D eigenvalue weighted by molar-refractivity contribution is -0.149. The molecule has 0 spiro atoms. The second-order valence-corrected chi connectivity index (χ2v) is 16.5. The van der Waals surface area contributed by atoms with E-state index in [4.69, 9.17) is 55.8 Å². The summed E-state index contributed by atoms with van der Waals surface area (Å²) in [5.74, 6) is 23.2. The number of cyclic esters (lactones) is 1. The number of carbonyl (C=O) groups is 12. The predicted octanol–water partition coefficient (Wildman–Crippen LogP) is -3.15. The lowest BCUT2D eigenvalue weighted by Gasteiger charge is -2.16. The molecule has 0 aromatic rings. The number of aliphatic hydroxyl groups is 1. The van der Waals surface area contributed by atoms with Gasteiger partial charge in [0.05, 0.1) is 0 Å². The minimum Gasteiger partial charge on any atom is -0.481 e. The smallest absolute Gasteiger partial charge is 0.332 e. The van der Waals surface area contributed by atoms with E-state index in [1.54, 1.807) is 0 Å². The van der Waals surface area contributed by atoms with E-state index >= 15 is 0 Å². The SMILES string of the molecule is CC(=O)NC(CCCCNC(=O)CONC(=O)CCC#CC#CCO)C(=O)O.CC(=O)NC1CCCCNC(=O)CONC(=O)CCC#CC#CCOC1=O.CC(=O)O.NCCCCC(N)C(=O)OCC#CC#CCCC(=O)NOCC(=O)O. The molecule has 1 aliphatic heterocycles. The first-order valence-corrected chi connectivity index (χ1v) is 25.8. The van der Waals surface area contributed by atoms with Gasteiger partial charge in [-0.1, -0.05) is 30.1 Å². The summed E-state index contributed by atoms with van der Waals surface area (Å²) in [5, 5.41) is 43.2. The number of carbonyl (C=O) groups excluding carboxylic acids is 9. The van der Waals surface area contributed by atoms with Crippen LogP contribution in [0.4, 0.5) is 0 Å². The van der Waals surface area contributed by atoms with Crippen molar-refractivity contribution >= 4 is 71.2 Å². The molecule has 0 radical (unpaired) electrons. The van der Waals surface area contributed by atoms with Crippen LogP contribution in [-0.2, 0) is 81.5 Å². The molecule has 84 heavy (non-hydrogen) atoms. The number of amides is 7. The Hall–Kier alpha value is -9.24. The average Bonchev–Trinajstić information content (AvgIpc) is 3.43. The van der Waals surface area contributed by atoms with Gasteiger partial charge in [0.15, 0.2) is 33.0 Å². The molecule has 0 aliphatic carbocycles. The van der Waals surface area contributed by atoms with Crippen LogP contribution in [0.5, 0.6) is 0 Å². The van der Waals surface area contributed by atoms with Gasteiger partial charge in [-0.3, -0.25) is 57.7 Å². The van der Waals surface area contributed by atoms with Crippen molar-refractivity contribution in [1.82, 2.24) is 37.7 Å². The molecule has 0 aromatic heterocycles. The monoisotopic (exact) mass is 1190 g/mol. The predicted molar refractivity (Wildman–Crippen MR) is 294 cm³/mol. The maximum absolute atomic E-state index is 12.0. The fourth-order valence-electron chi connectivity index (χ4n) is 5.34. The van der Waals surface area contributed by atoms with Crippen molar-refractivity contribution in [2.24, 2.45) is 11.5 Å². The first kappa shape index (κ1) is 79.0. The second-order valence-electron chi connectivity index (χ2n) is 16.5. The van der Waals surface area contributed by atoms with Crippen molar-refractivity contribution < 1.29 is 102 Å². The molecule has 1 aliphatic rings. The number of rotatable bonds is 24. The van der Waals surface area contributed by atoms with E-state index in [0.717, 1.165) is 19.8 Å². The summed E-state index contributed by atoms with van der Waals surface area (Å²) in [6, 6.07) is -2.39. The number of unbranched alkanes of at least 4 members (excludes halogenated alkanes) is 2. The van der Waals surface area contributed by atoms with Gasteiger partial charge in [-0.05, 0) is 105 Å². The molecule has 7 amide bonds. The van der Waals surface area contributed by atoms with E-state index in [2.05, 4.69) is 108 Å². The molecule has 0 bridgehead atoms. The zero-order valence-corrected chi connectivity index (χ0v) is 47.1. The van der Waals surface area contributed by atoms with Crippen LogP contribution in [0.1, 0.15) is 117 Å². The van der Waals surface area contributed by atoms with Gasteiger partial charge in [0.2, 0.25) is 41.4 Å². The summed E-state index contributed by atoms with van der Waals surface area (Å²) in [4.78, 5) is 147. The maximum atomic E-state index is 12.0. The molecule has 3 unspecified atom stereocenters. The normalized spacial score (nSPS) is 13.4. The van der Waals surface area contributed by atoms with Crippen LogP contribution in [0.2, 0.25) is 0 Å². The van der Waals surface area contributed by atoms with Crippen LogP contribution in [0, 0.1) is 71.0 Å². The maximum Gasteiger partial charge on any atom is 0.332 e. The topological polar surface area (TPSA) is 468 Å². The van der Waals surface area contributed by atoms with Crippen molar-refractivity contribution in [3.63, 3.8) is 0 Å². The molecular formula is C54H75N9O21. The quantitative estimate of drug-likeness (QED) is 0.0196. The van der Waals surface area contributed by atoms with Gasteiger partial charge >= 0.3 is 23.9 Å². The number of hydrogen-bond acceptors (Lipinski definition) is 20. The van der Waals surface area contributed by atoms with Crippen LogP contribution in [0.25, 0.3) is 0 Å². The molecular weight excluding hydrogens is 1110 g/mol. The summed E-state index contributed by atoms with van der Waals surface area (Å²) < 4.78 is 9.90. The highest BCUT2D eigenvalue weighted by Crippen LogP contribution is 2.04. The van der Waals surface area contributed by atoms with Crippen LogP contribution in [0.15, 0.2) is 0 Å². The zero-order chi connectivity index (χ0) is 63.6. The number of ether oxygens (including phenoxy) is 2. The Kier molecular flexibility index (Phi) is 52.3. The fourth-order valence-corrected chi connectivity index (χ4v) is 5.34. The lowest BCUT2D eigenvalue weighted by Crippen LogP contribution is -2.41. The van der Waals surface area contributed by atoms with E-state index in [1.807, 2.05) is 5.48 Å². The number of nitrogens with one attached hydrogen (secondary N) is 7. The number of carboxylic acid groups (broad SMARTS) is 3. The summed E-state index contributed by atoms with van der Waals surface area (Å²) in [5.41, 5.74) is 17.2. The third-order valence-corrected chi connectivity index (χ3v) is 9.05. The van der Waals surface area contributed by atoms with Crippen LogP contribution in [-0.4, -0.2) is 169 Å². The van der Waals surface area contributed by atoms with Crippen molar-refractivity contribution in [2.45, 2.75) is 135 Å².